The first kappa shape index (κ1) is 17.9. The van der Waals surface area contributed by atoms with Crippen molar-refractivity contribution in [2.45, 2.75) is 20.0 Å². The maximum atomic E-state index is 12.9. The van der Waals surface area contributed by atoms with E-state index in [2.05, 4.69) is 10.6 Å². The summed E-state index contributed by atoms with van der Waals surface area (Å²) < 4.78 is 0. The molecule has 0 aliphatic rings. The number of hydrogen-bond acceptors (Lipinski definition) is 4. The summed E-state index contributed by atoms with van der Waals surface area (Å²) in [5, 5.41) is 7.81. The van der Waals surface area contributed by atoms with Gasteiger partial charge in [0.1, 0.15) is 0 Å². The number of Topliss-reactive ketones (excluding diaryl/α,β-unsaturated/α-hetero) is 1. The summed E-state index contributed by atoms with van der Waals surface area (Å²) in [5.74, 6) is -0.459. The molecule has 0 saturated carbocycles. The SMILES string of the molecule is Cc1ccc(N[C@H](NC(=O)c2cccs2)C(=O)c2ccccc2)cc1C. The molecule has 2 aromatic carbocycles. The quantitative estimate of drug-likeness (QED) is 0.503. The number of hydrogen-bond donors (Lipinski definition) is 2. The molecule has 2 N–H and O–H groups in total. The van der Waals surface area contributed by atoms with Crippen LogP contribution in [0.2, 0.25) is 0 Å². The molecule has 3 aromatic rings. The number of anilines is 1. The molecule has 1 amide bonds. The second kappa shape index (κ2) is 7.97. The van der Waals surface area contributed by atoms with Crippen LogP contribution in [0.3, 0.4) is 0 Å². The summed E-state index contributed by atoms with van der Waals surface area (Å²) in [6, 6.07) is 18.4. The first-order valence-corrected chi connectivity index (χ1v) is 9.20. The summed E-state index contributed by atoms with van der Waals surface area (Å²) in [6.45, 7) is 4.04. The summed E-state index contributed by atoms with van der Waals surface area (Å²) in [5.41, 5.74) is 3.61. The van der Waals surface area contributed by atoms with Gasteiger partial charge in [0.05, 0.1) is 4.88 Å². The van der Waals surface area contributed by atoms with Gasteiger partial charge in [-0.05, 0) is 48.6 Å². The summed E-state index contributed by atoms with van der Waals surface area (Å²) >= 11 is 1.34. The van der Waals surface area contributed by atoms with Crippen molar-refractivity contribution in [2.75, 3.05) is 5.32 Å². The van der Waals surface area contributed by atoms with Crippen LogP contribution in [0.15, 0.2) is 66.0 Å². The maximum Gasteiger partial charge on any atom is 0.263 e. The van der Waals surface area contributed by atoms with Crippen molar-refractivity contribution >= 4 is 28.7 Å². The predicted octanol–water partition coefficient (Wildman–Crippen LogP) is 4.42. The van der Waals surface area contributed by atoms with E-state index in [0.717, 1.165) is 11.3 Å². The summed E-state index contributed by atoms with van der Waals surface area (Å²) in [4.78, 5) is 26.0. The molecule has 1 aromatic heterocycles. The lowest BCUT2D eigenvalue weighted by atomic mass is 10.1. The molecule has 4 nitrogen and oxygen atoms in total. The zero-order chi connectivity index (χ0) is 18.5. The van der Waals surface area contributed by atoms with Crippen molar-refractivity contribution in [1.82, 2.24) is 5.32 Å². The number of benzene rings is 2. The highest BCUT2D eigenvalue weighted by Gasteiger charge is 2.23. The Kier molecular flexibility index (Phi) is 5.49. The van der Waals surface area contributed by atoms with Crippen molar-refractivity contribution in [3.63, 3.8) is 0 Å². The molecular weight excluding hydrogens is 344 g/mol. The lowest BCUT2D eigenvalue weighted by molar-refractivity contribution is 0.0872. The predicted molar refractivity (Wildman–Crippen MR) is 106 cm³/mol. The number of carbonyl (C=O) groups excluding carboxylic acids is 2. The van der Waals surface area contributed by atoms with Crippen molar-refractivity contribution in [1.29, 1.82) is 0 Å². The molecule has 1 heterocycles. The molecular formula is C21H20N2O2S. The van der Waals surface area contributed by atoms with Gasteiger partial charge in [-0.3, -0.25) is 9.59 Å². The van der Waals surface area contributed by atoms with Gasteiger partial charge in [-0.2, -0.15) is 0 Å². The number of rotatable bonds is 6. The largest absolute Gasteiger partial charge is 0.359 e. The molecule has 1 atom stereocenters. The lowest BCUT2D eigenvalue weighted by Crippen LogP contribution is -2.46. The number of nitrogens with one attached hydrogen (secondary N) is 2. The highest BCUT2D eigenvalue weighted by atomic mass is 32.1. The molecule has 0 aliphatic heterocycles. The van der Waals surface area contributed by atoms with E-state index in [1.165, 1.54) is 16.9 Å². The Hall–Kier alpha value is -2.92. The van der Waals surface area contributed by atoms with E-state index in [9.17, 15) is 9.59 Å². The van der Waals surface area contributed by atoms with E-state index < -0.39 is 6.17 Å². The lowest BCUT2D eigenvalue weighted by Gasteiger charge is -2.20. The number of ketones is 1. The van der Waals surface area contributed by atoms with Gasteiger partial charge >= 0.3 is 0 Å². The van der Waals surface area contributed by atoms with Gasteiger partial charge in [0.2, 0.25) is 5.78 Å². The van der Waals surface area contributed by atoms with Gasteiger partial charge in [0, 0.05) is 11.3 Å². The van der Waals surface area contributed by atoms with E-state index in [1.807, 2.05) is 49.6 Å². The van der Waals surface area contributed by atoms with Crippen molar-refractivity contribution in [3.05, 3.63) is 87.6 Å². The monoisotopic (exact) mass is 364 g/mol. The highest BCUT2D eigenvalue weighted by Crippen LogP contribution is 2.17. The smallest absolute Gasteiger partial charge is 0.263 e. The average molecular weight is 364 g/mol. The summed E-state index contributed by atoms with van der Waals surface area (Å²) in [6.07, 6.45) is -0.853. The highest BCUT2D eigenvalue weighted by molar-refractivity contribution is 7.12. The van der Waals surface area contributed by atoms with Crippen LogP contribution in [0, 0.1) is 13.8 Å². The van der Waals surface area contributed by atoms with Gasteiger partial charge in [-0.25, -0.2) is 0 Å². The van der Waals surface area contributed by atoms with Crippen molar-refractivity contribution in [3.8, 4) is 0 Å². The van der Waals surface area contributed by atoms with Crippen LogP contribution < -0.4 is 10.6 Å². The molecule has 0 fully saturated rings. The van der Waals surface area contributed by atoms with Crippen molar-refractivity contribution < 1.29 is 9.59 Å². The number of amides is 1. The van der Waals surface area contributed by atoms with Gasteiger partial charge in [0.25, 0.3) is 5.91 Å². The number of aryl methyl sites for hydroxylation is 2. The first-order chi connectivity index (χ1) is 12.5. The van der Waals surface area contributed by atoms with Gasteiger partial charge < -0.3 is 10.6 Å². The third kappa shape index (κ3) is 4.18. The zero-order valence-electron chi connectivity index (χ0n) is 14.7. The van der Waals surface area contributed by atoms with Crippen LogP contribution in [0.5, 0.6) is 0 Å². The molecule has 26 heavy (non-hydrogen) atoms. The minimum Gasteiger partial charge on any atom is -0.359 e. The minimum absolute atomic E-state index is 0.186. The third-order valence-electron chi connectivity index (χ3n) is 4.16. The Morgan fingerprint density at radius 1 is 0.923 bits per heavy atom. The number of thiophene rings is 1. The fourth-order valence-electron chi connectivity index (χ4n) is 2.54. The van der Waals surface area contributed by atoms with E-state index in [4.69, 9.17) is 0 Å². The second-order valence-corrected chi connectivity index (χ2v) is 7.01. The van der Waals surface area contributed by atoms with E-state index in [0.29, 0.717) is 10.4 Å². The molecule has 132 valence electrons. The Morgan fingerprint density at radius 3 is 2.35 bits per heavy atom. The Bertz CT molecular complexity index is 905. The van der Waals surface area contributed by atoms with Crippen LogP contribution in [-0.4, -0.2) is 17.9 Å². The van der Waals surface area contributed by atoms with Gasteiger partial charge in [0.15, 0.2) is 6.17 Å². The average Bonchev–Trinajstić information content (AvgIpc) is 3.19. The molecule has 0 saturated heterocycles. The third-order valence-corrected chi connectivity index (χ3v) is 5.03. The molecule has 0 unspecified atom stereocenters. The van der Waals surface area contributed by atoms with Gasteiger partial charge in [-0.15, -0.1) is 11.3 Å². The molecule has 0 radical (unpaired) electrons. The Labute approximate surface area is 156 Å². The van der Waals surface area contributed by atoms with Crippen LogP contribution in [0.4, 0.5) is 5.69 Å². The van der Waals surface area contributed by atoms with Gasteiger partial charge in [-0.1, -0.05) is 42.5 Å². The fraction of sp³-hybridized carbons (Fsp3) is 0.143. The Balaban J connectivity index is 1.86. The molecule has 0 bridgehead atoms. The van der Waals surface area contributed by atoms with Crippen molar-refractivity contribution in [2.24, 2.45) is 0 Å². The topological polar surface area (TPSA) is 58.2 Å². The Morgan fingerprint density at radius 2 is 1.69 bits per heavy atom. The standard InChI is InChI=1S/C21H20N2O2S/c1-14-10-11-17(13-15(14)2)22-20(19(24)16-7-4-3-5-8-16)23-21(25)18-9-6-12-26-18/h3-13,20,22H,1-2H3,(H,23,25)/t20-/m1/s1. The summed E-state index contributed by atoms with van der Waals surface area (Å²) in [7, 11) is 0. The molecule has 3 rings (SSSR count). The van der Waals surface area contributed by atoms with Crippen LogP contribution >= 0.6 is 11.3 Å². The zero-order valence-corrected chi connectivity index (χ0v) is 15.5. The van der Waals surface area contributed by atoms with E-state index in [-0.39, 0.29) is 11.7 Å². The molecule has 0 spiro atoms. The van der Waals surface area contributed by atoms with E-state index in [1.54, 1.807) is 30.3 Å². The van der Waals surface area contributed by atoms with Crippen LogP contribution in [0.25, 0.3) is 0 Å². The molecule has 5 heteroatoms. The number of carbonyl (C=O) groups is 2. The van der Waals surface area contributed by atoms with E-state index >= 15 is 0 Å². The fourth-order valence-corrected chi connectivity index (χ4v) is 3.17. The second-order valence-electron chi connectivity index (χ2n) is 6.06. The van der Waals surface area contributed by atoms with Crippen LogP contribution in [-0.2, 0) is 0 Å². The minimum atomic E-state index is -0.853. The maximum absolute atomic E-state index is 12.9. The normalized spacial score (nSPS) is 11.6. The molecule has 0 aliphatic carbocycles. The van der Waals surface area contributed by atoms with Crippen LogP contribution in [0.1, 0.15) is 31.2 Å². The first-order valence-electron chi connectivity index (χ1n) is 8.32.